The van der Waals surface area contributed by atoms with E-state index in [0.717, 1.165) is 43.1 Å². The minimum absolute atomic E-state index is 0. The molecule has 3 N–H and O–H groups in total. The number of aromatic nitrogens is 1. The second kappa shape index (κ2) is 13.4. The molecule has 1 atom stereocenters. The molecule has 1 rings (SSSR count). The summed E-state index contributed by atoms with van der Waals surface area (Å²) in [6.45, 7) is 11.0. The molecule has 1 unspecified atom stereocenters. The van der Waals surface area contributed by atoms with Crippen molar-refractivity contribution < 1.29 is 5.11 Å². The quantitative estimate of drug-likeness (QED) is 0.309. The number of aliphatic hydroxyl groups is 1. The van der Waals surface area contributed by atoms with Gasteiger partial charge in [-0.05, 0) is 50.2 Å². The number of nitrogens with zero attached hydrogens (tertiary/aromatic N) is 2. The Morgan fingerprint density at radius 3 is 2.67 bits per heavy atom. The summed E-state index contributed by atoms with van der Waals surface area (Å²) in [5.74, 6) is 1.90. The predicted molar refractivity (Wildman–Crippen MR) is 112 cm³/mol. The van der Waals surface area contributed by atoms with Gasteiger partial charge in [-0.15, -0.1) is 24.0 Å². The fraction of sp³-hybridized carbons (Fsp3) is 0.667. The van der Waals surface area contributed by atoms with Crippen molar-refractivity contribution in [3.05, 3.63) is 29.6 Å². The van der Waals surface area contributed by atoms with Gasteiger partial charge in [-0.1, -0.05) is 19.9 Å². The SMILES string of the molecule is CCNC(=NCc1ncccc1C)NCC(CCO)CC(C)C.I. The fourth-order valence-electron chi connectivity index (χ4n) is 2.57. The summed E-state index contributed by atoms with van der Waals surface area (Å²) in [5, 5.41) is 15.9. The summed E-state index contributed by atoms with van der Waals surface area (Å²) in [6, 6.07) is 4.00. The van der Waals surface area contributed by atoms with E-state index in [4.69, 9.17) is 0 Å². The van der Waals surface area contributed by atoms with Crippen LogP contribution in [-0.4, -0.2) is 35.7 Å². The van der Waals surface area contributed by atoms with Crippen LogP contribution in [0.15, 0.2) is 23.3 Å². The molecular formula is C18H33IN4O. The first-order valence-corrected chi connectivity index (χ1v) is 8.60. The third-order valence-electron chi connectivity index (χ3n) is 3.75. The van der Waals surface area contributed by atoms with Crippen LogP contribution in [0.1, 0.15) is 44.9 Å². The maximum Gasteiger partial charge on any atom is 0.191 e. The maximum atomic E-state index is 9.22. The molecule has 0 aliphatic heterocycles. The molecule has 24 heavy (non-hydrogen) atoms. The van der Waals surface area contributed by atoms with Gasteiger partial charge in [0.25, 0.3) is 0 Å². The second-order valence-corrected chi connectivity index (χ2v) is 6.35. The number of hydrogen-bond acceptors (Lipinski definition) is 3. The molecule has 0 saturated carbocycles. The maximum absolute atomic E-state index is 9.22. The molecule has 6 heteroatoms. The summed E-state index contributed by atoms with van der Waals surface area (Å²) >= 11 is 0. The number of aliphatic imine (C=N–C) groups is 1. The molecule has 0 radical (unpaired) electrons. The number of halogens is 1. The Bertz CT molecular complexity index is 480. The zero-order valence-corrected chi connectivity index (χ0v) is 17.7. The van der Waals surface area contributed by atoms with Crippen LogP contribution in [0, 0.1) is 18.8 Å². The molecule has 0 amide bonds. The highest BCUT2D eigenvalue weighted by Crippen LogP contribution is 2.14. The van der Waals surface area contributed by atoms with E-state index >= 15 is 0 Å². The average molecular weight is 448 g/mol. The van der Waals surface area contributed by atoms with Crippen molar-refractivity contribution in [2.24, 2.45) is 16.8 Å². The summed E-state index contributed by atoms with van der Waals surface area (Å²) in [5.41, 5.74) is 2.16. The molecule has 0 fully saturated rings. The minimum atomic E-state index is 0. The highest BCUT2D eigenvalue weighted by atomic mass is 127. The Labute approximate surface area is 163 Å². The monoisotopic (exact) mass is 448 g/mol. The minimum Gasteiger partial charge on any atom is -0.396 e. The lowest BCUT2D eigenvalue weighted by atomic mass is 9.94. The number of nitrogens with one attached hydrogen (secondary N) is 2. The summed E-state index contributed by atoms with van der Waals surface area (Å²) in [7, 11) is 0. The van der Waals surface area contributed by atoms with Gasteiger partial charge in [-0.2, -0.15) is 0 Å². The van der Waals surface area contributed by atoms with Gasteiger partial charge in [0.1, 0.15) is 0 Å². The summed E-state index contributed by atoms with van der Waals surface area (Å²) < 4.78 is 0. The van der Waals surface area contributed by atoms with Gasteiger partial charge in [0.15, 0.2) is 5.96 Å². The van der Waals surface area contributed by atoms with Gasteiger partial charge in [0.05, 0.1) is 12.2 Å². The number of pyridine rings is 1. The lowest BCUT2D eigenvalue weighted by molar-refractivity contribution is 0.243. The first-order valence-electron chi connectivity index (χ1n) is 8.60. The van der Waals surface area contributed by atoms with Gasteiger partial charge in [-0.3, -0.25) is 4.98 Å². The van der Waals surface area contributed by atoms with Crippen molar-refractivity contribution in [3.8, 4) is 0 Å². The molecule has 138 valence electrons. The van der Waals surface area contributed by atoms with E-state index in [1.807, 2.05) is 6.07 Å². The molecule has 0 saturated heterocycles. The van der Waals surface area contributed by atoms with Crippen molar-refractivity contribution in [3.63, 3.8) is 0 Å². The van der Waals surface area contributed by atoms with Crippen molar-refractivity contribution >= 4 is 29.9 Å². The Morgan fingerprint density at radius 2 is 2.08 bits per heavy atom. The molecule has 0 bridgehead atoms. The van der Waals surface area contributed by atoms with Crippen LogP contribution in [-0.2, 0) is 6.54 Å². The number of aliphatic hydroxyl groups excluding tert-OH is 1. The number of guanidine groups is 1. The van der Waals surface area contributed by atoms with Crippen molar-refractivity contribution in [1.82, 2.24) is 15.6 Å². The van der Waals surface area contributed by atoms with E-state index in [1.54, 1.807) is 6.20 Å². The molecule has 0 spiro atoms. The Hall–Kier alpha value is -0.890. The standard InChI is InChI=1S/C18H32N4O.HI/c1-5-19-18(21-12-16(8-10-23)11-14(2)3)22-13-17-15(4)7-6-9-20-17;/h6-7,9,14,16,23H,5,8,10-13H2,1-4H3,(H2,19,21,22);1H. The highest BCUT2D eigenvalue weighted by Gasteiger charge is 2.11. The Morgan fingerprint density at radius 1 is 1.33 bits per heavy atom. The lowest BCUT2D eigenvalue weighted by Gasteiger charge is -2.20. The van der Waals surface area contributed by atoms with Gasteiger partial charge < -0.3 is 15.7 Å². The fourth-order valence-corrected chi connectivity index (χ4v) is 2.57. The first-order chi connectivity index (χ1) is 11.1. The van der Waals surface area contributed by atoms with E-state index in [1.165, 1.54) is 0 Å². The van der Waals surface area contributed by atoms with Crippen molar-refractivity contribution in [2.45, 2.75) is 47.1 Å². The van der Waals surface area contributed by atoms with E-state index in [0.29, 0.717) is 18.4 Å². The number of rotatable bonds is 9. The lowest BCUT2D eigenvalue weighted by Crippen LogP contribution is -2.40. The Kier molecular flexibility index (Phi) is 12.9. The van der Waals surface area contributed by atoms with E-state index in [2.05, 4.69) is 54.4 Å². The van der Waals surface area contributed by atoms with Crippen LogP contribution in [0.25, 0.3) is 0 Å². The zero-order chi connectivity index (χ0) is 17.1. The molecule has 1 aromatic rings. The van der Waals surface area contributed by atoms with Crippen LogP contribution >= 0.6 is 24.0 Å². The zero-order valence-electron chi connectivity index (χ0n) is 15.4. The van der Waals surface area contributed by atoms with Crippen molar-refractivity contribution in [1.29, 1.82) is 0 Å². The number of hydrogen-bond donors (Lipinski definition) is 3. The molecule has 5 nitrogen and oxygen atoms in total. The van der Waals surface area contributed by atoms with Crippen LogP contribution in [0.2, 0.25) is 0 Å². The summed E-state index contributed by atoms with van der Waals surface area (Å²) in [6.07, 6.45) is 3.73. The van der Waals surface area contributed by atoms with Gasteiger partial charge in [-0.25, -0.2) is 4.99 Å². The largest absolute Gasteiger partial charge is 0.396 e. The third-order valence-corrected chi connectivity index (χ3v) is 3.75. The first kappa shape index (κ1) is 23.1. The van der Waals surface area contributed by atoms with Crippen LogP contribution in [0.4, 0.5) is 0 Å². The molecule has 1 heterocycles. The van der Waals surface area contributed by atoms with Crippen molar-refractivity contribution in [2.75, 3.05) is 19.7 Å². The normalized spacial score (nSPS) is 12.7. The predicted octanol–water partition coefficient (Wildman–Crippen LogP) is 3.11. The highest BCUT2D eigenvalue weighted by molar-refractivity contribution is 14.0. The smallest absolute Gasteiger partial charge is 0.191 e. The van der Waals surface area contributed by atoms with E-state index in [9.17, 15) is 5.11 Å². The van der Waals surface area contributed by atoms with Gasteiger partial charge in [0.2, 0.25) is 0 Å². The Balaban J connectivity index is 0.00000529. The molecule has 0 aliphatic rings. The topological polar surface area (TPSA) is 69.5 Å². The second-order valence-electron chi connectivity index (χ2n) is 6.35. The van der Waals surface area contributed by atoms with E-state index in [-0.39, 0.29) is 30.6 Å². The average Bonchev–Trinajstić information content (AvgIpc) is 2.51. The molecule has 1 aromatic heterocycles. The number of aryl methyl sites for hydroxylation is 1. The van der Waals surface area contributed by atoms with Crippen LogP contribution < -0.4 is 10.6 Å². The molecular weight excluding hydrogens is 415 g/mol. The third kappa shape index (κ3) is 9.42. The van der Waals surface area contributed by atoms with Crippen LogP contribution in [0.3, 0.4) is 0 Å². The summed E-state index contributed by atoms with van der Waals surface area (Å²) in [4.78, 5) is 9.00. The van der Waals surface area contributed by atoms with Crippen LogP contribution in [0.5, 0.6) is 0 Å². The van der Waals surface area contributed by atoms with Gasteiger partial charge >= 0.3 is 0 Å². The van der Waals surface area contributed by atoms with Gasteiger partial charge in [0, 0.05) is 25.9 Å². The molecule has 0 aromatic carbocycles. The van der Waals surface area contributed by atoms with E-state index < -0.39 is 0 Å². The molecule has 0 aliphatic carbocycles.